The Morgan fingerprint density at radius 2 is 2.23 bits per heavy atom. The van der Waals surface area contributed by atoms with Crippen LogP contribution in [0.15, 0.2) is 11.4 Å². The van der Waals surface area contributed by atoms with Gasteiger partial charge in [0.1, 0.15) is 0 Å². The van der Waals surface area contributed by atoms with Crippen molar-refractivity contribution in [1.82, 2.24) is 0 Å². The smallest absolute Gasteiger partial charge is 0.0719 e. The fraction of sp³-hybridized carbons (Fsp3) is 0.600. The second kappa shape index (κ2) is 5.23. The maximum Gasteiger partial charge on any atom is 0.0719 e. The summed E-state index contributed by atoms with van der Waals surface area (Å²) in [6.07, 6.45) is 2.33. The van der Waals surface area contributed by atoms with Crippen LogP contribution in [-0.4, -0.2) is 0 Å². The Bertz CT molecular complexity index is 257. The van der Waals surface area contributed by atoms with Crippen LogP contribution in [0.5, 0.6) is 0 Å². The first-order chi connectivity index (χ1) is 6.16. The Hall–Kier alpha value is 0.280. The van der Waals surface area contributed by atoms with E-state index in [0.717, 1.165) is 16.3 Å². The molecule has 0 amide bonds. The molecule has 13 heavy (non-hydrogen) atoms. The van der Waals surface area contributed by atoms with Gasteiger partial charge in [-0.05, 0) is 23.8 Å². The van der Waals surface area contributed by atoms with E-state index >= 15 is 0 Å². The van der Waals surface area contributed by atoms with Gasteiger partial charge in [-0.2, -0.15) is 0 Å². The Labute approximate surface area is 93.9 Å². The van der Waals surface area contributed by atoms with Crippen molar-refractivity contribution in [1.29, 1.82) is 0 Å². The fourth-order valence-corrected chi connectivity index (χ4v) is 3.10. The third-order valence-corrected chi connectivity index (χ3v) is 4.36. The quantitative estimate of drug-likeness (QED) is 0.637. The first-order valence-corrected chi connectivity index (χ1v) is 6.23. The van der Waals surface area contributed by atoms with Gasteiger partial charge in [-0.3, -0.25) is 0 Å². The van der Waals surface area contributed by atoms with E-state index < -0.39 is 0 Å². The van der Waals surface area contributed by atoms with Crippen LogP contribution < -0.4 is 0 Å². The summed E-state index contributed by atoms with van der Waals surface area (Å²) in [5.74, 6) is 0.503. The van der Waals surface area contributed by atoms with Crippen molar-refractivity contribution in [3.8, 4) is 0 Å². The number of halogens is 2. The predicted molar refractivity (Wildman–Crippen MR) is 62.0 cm³/mol. The minimum atomic E-state index is 0.0763. The van der Waals surface area contributed by atoms with E-state index in [9.17, 15) is 0 Å². The lowest BCUT2D eigenvalue weighted by molar-refractivity contribution is 0.511. The average molecular weight is 237 g/mol. The van der Waals surface area contributed by atoms with E-state index in [2.05, 4.69) is 13.8 Å². The molecule has 2 atom stereocenters. The van der Waals surface area contributed by atoms with E-state index in [-0.39, 0.29) is 5.38 Å². The van der Waals surface area contributed by atoms with Gasteiger partial charge in [-0.15, -0.1) is 22.9 Å². The SMILES string of the molecule is CCCC(C)C(Cl)c1sccc1Cl. The molecule has 0 N–H and O–H groups in total. The van der Waals surface area contributed by atoms with Gasteiger partial charge in [0, 0.05) is 4.88 Å². The molecule has 74 valence electrons. The van der Waals surface area contributed by atoms with Crippen LogP contribution in [0.25, 0.3) is 0 Å². The zero-order chi connectivity index (χ0) is 9.84. The Morgan fingerprint density at radius 1 is 1.54 bits per heavy atom. The van der Waals surface area contributed by atoms with Gasteiger partial charge in [-0.25, -0.2) is 0 Å². The average Bonchev–Trinajstić information content (AvgIpc) is 2.50. The van der Waals surface area contributed by atoms with Crippen molar-refractivity contribution in [3.63, 3.8) is 0 Å². The number of hydrogen-bond acceptors (Lipinski definition) is 1. The molecule has 1 heterocycles. The van der Waals surface area contributed by atoms with Crippen molar-refractivity contribution in [2.24, 2.45) is 5.92 Å². The molecule has 0 fully saturated rings. The molecule has 2 unspecified atom stereocenters. The summed E-state index contributed by atoms with van der Waals surface area (Å²) in [4.78, 5) is 1.12. The van der Waals surface area contributed by atoms with Gasteiger partial charge in [0.15, 0.2) is 0 Å². The second-order valence-electron chi connectivity index (χ2n) is 3.30. The van der Waals surface area contributed by atoms with Crippen molar-refractivity contribution in [2.75, 3.05) is 0 Å². The highest BCUT2D eigenvalue weighted by atomic mass is 35.5. The van der Waals surface area contributed by atoms with Crippen LogP contribution in [0.4, 0.5) is 0 Å². The lowest BCUT2D eigenvalue weighted by atomic mass is 10.0. The lowest BCUT2D eigenvalue weighted by Gasteiger charge is -2.16. The van der Waals surface area contributed by atoms with Gasteiger partial charge in [0.05, 0.1) is 10.4 Å². The summed E-state index contributed by atoms with van der Waals surface area (Å²) >= 11 is 14.0. The van der Waals surface area contributed by atoms with E-state index in [1.807, 2.05) is 11.4 Å². The number of rotatable bonds is 4. The molecule has 0 aliphatic carbocycles. The molecule has 0 spiro atoms. The first-order valence-electron chi connectivity index (χ1n) is 4.53. The summed E-state index contributed by atoms with van der Waals surface area (Å²) in [5, 5.41) is 2.88. The number of thiophene rings is 1. The summed E-state index contributed by atoms with van der Waals surface area (Å²) in [7, 11) is 0. The maximum atomic E-state index is 6.31. The van der Waals surface area contributed by atoms with E-state index in [4.69, 9.17) is 23.2 Å². The second-order valence-corrected chi connectivity index (χ2v) is 5.13. The van der Waals surface area contributed by atoms with Crippen LogP contribution in [0, 0.1) is 5.92 Å². The molecular formula is C10H14Cl2S. The minimum Gasteiger partial charge on any atom is -0.146 e. The van der Waals surface area contributed by atoms with Gasteiger partial charge in [0.25, 0.3) is 0 Å². The van der Waals surface area contributed by atoms with E-state index in [1.165, 1.54) is 6.42 Å². The Balaban J connectivity index is 2.67. The lowest BCUT2D eigenvalue weighted by Crippen LogP contribution is -2.02. The molecular weight excluding hydrogens is 223 g/mol. The fourth-order valence-electron chi connectivity index (χ4n) is 1.36. The van der Waals surface area contributed by atoms with Crippen LogP contribution in [0.2, 0.25) is 5.02 Å². The Morgan fingerprint density at radius 3 is 2.69 bits per heavy atom. The highest BCUT2D eigenvalue weighted by Crippen LogP contribution is 2.38. The van der Waals surface area contributed by atoms with Crippen molar-refractivity contribution >= 4 is 34.5 Å². The Kier molecular flexibility index (Phi) is 4.57. The molecule has 0 aromatic carbocycles. The molecule has 0 aliphatic heterocycles. The minimum absolute atomic E-state index is 0.0763. The summed E-state index contributed by atoms with van der Waals surface area (Å²) in [6.45, 7) is 4.35. The highest BCUT2D eigenvalue weighted by Gasteiger charge is 2.19. The van der Waals surface area contributed by atoms with Gasteiger partial charge in [0.2, 0.25) is 0 Å². The third kappa shape index (κ3) is 2.87. The van der Waals surface area contributed by atoms with Gasteiger partial charge in [-0.1, -0.05) is 31.9 Å². The predicted octanol–water partition coefficient (Wildman–Crippen LogP) is 5.12. The van der Waals surface area contributed by atoms with Crippen molar-refractivity contribution in [2.45, 2.75) is 32.1 Å². The molecule has 0 aliphatic rings. The van der Waals surface area contributed by atoms with Gasteiger partial charge >= 0.3 is 0 Å². The van der Waals surface area contributed by atoms with Gasteiger partial charge < -0.3 is 0 Å². The van der Waals surface area contributed by atoms with E-state index in [0.29, 0.717) is 5.92 Å². The zero-order valence-corrected chi connectivity index (χ0v) is 10.2. The molecule has 0 saturated carbocycles. The summed E-state index contributed by atoms with van der Waals surface area (Å²) in [5.41, 5.74) is 0. The molecule has 1 rings (SSSR count). The first kappa shape index (κ1) is 11.4. The molecule has 0 bridgehead atoms. The zero-order valence-electron chi connectivity index (χ0n) is 7.89. The summed E-state index contributed by atoms with van der Waals surface area (Å²) < 4.78 is 0. The molecule has 1 aromatic heterocycles. The topological polar surface area (TPSA) is 0 Å². The van der Waals surface area contributed by atoms with Crippen LogP contribution in [0.3, 0.4) is 0 Å². The van der Waals surface area contributed by atoms with Crippen molar-refractivity contribution in [3.05, 3.63) is 21.3 Å². The normalized spacial score (nSPS) is 15.7. The summed E-state index contributed by atoms with van der Waals surface area (Å²) in [6, 6.07) is 1.91. The third-order valence-electron chi connectivity index (χ3n) is 2.14. The van der Waals surface area contributed by atoms with Crippen LogP contribution in [-0.2, 0) is 0 Å². The molecule has 0 saturated heterocycles. The highest BCUT2D eigenvalue weighted by molar-refractivity contribution is 7.11. The maximum absolute atomic E-state index is 6.31. The molecule has 3 heteroatoms. The van der Waals surface area contributed by atoms with E-state index in [1.54, 1.807) is 11.3 Å². The standard InChI is InChI=1S/C10H14Cl2S/c1-3-4-7(2)9(12)10-8(11)5-6-13-10/h5-7,9H,3-4H2,1-2H3. The van der Waals surface area contributed by atoms with Crippen molar-refractivity contribution < 1.29 is 0 Å². The largest absolute Gasteiger partial charge is 0.146 e. The number of hydrogen-bond donors (Lipinski definition) is 0. The molecule has 1 aromatic rings. The monoisotopic (exact) mass is 236 g/mol. The van der Waals surface area contributed by atoms with Crippen LogP contribution in [0.1, 0.15) is 36.9 Å². The number of alkyl halides is 1. The van der Waals surface area contributed by atoms with Crippen LogP contribution >= 0.6 is 34.5 Å². The molecule has 0 nitrogen and oxygen atoms in total. The molecule has 0 radical (unpaired) electrons.